The molecule has 0 unspecified atom stereocenters. The van der Waals surface area contributed by atoms with E-state index in [1.807, 2.05) is 0 Å². The number of benzene rings is 1. The van der Waals surface area contributed by atoms with Crippen molar-refractivity contribution < 1.29 is 18.3 Å². The SMILES string of the molecule is Cc1c(CO)ccc2c(=O)cc(-c3csc(C(F)(F)F)n3)[nH]c12. The number of rotatable bonds is 2. The Morgan fingerprint density at radius 2 is 2.09 bits per heavy atom. The van der Waals surface area contributed by atoms with Crippen molar-refractivity contribution in [3.63, 3.8) is 0 Å². The summed E-state index contributed by atoms with van der Waals surface area (Å²) in [6.45, 7) is 1.54. The summed E-state index contributed by atoms with van der Waals surface area (Å²) < 4.78 is 38.0. The number of aromatic nitrogens is 2. The summed E-state index contributed by atoms with van der Waals surface area (Å²) in [7, 11) is 0. The molecular weight excluding hydrogens is 329 g/mol. The highest BCUT2D eigenvalue weighted by molar-refractivity contribution is 7.10. The topological polar surface area (TPSA) is 66.0 Å². The fourth-order valence-electron chi connectivity index (χ4n) is 2.34. The summed E-state index contributed by atoms with van der Waals surface area (Å²) >= 11 is 0.476. The van der Waals surface area contributed by atoms with Gasteiger partial charge in [0, 0.05) is 16.8 Å². The first kappa shape index (κ1) is 15.7. The minimum Gasteiger partial charge on any atom is -0.392 e. The summed E-state index contributed by atoms with van der Waals surface area (Å²) in [6.07, 6.45) is -4.51. The number of nitrogens with one attached hydrogen (secondary N) is 1. The van der Waals surface area contributed by atoms with Gasteiger partial charge in [-0.3, -0.25) is 4.79 Å². The van der Waals surface area contributed by atoms with Crippen molar-refractivity contribution in [2.45, 2.75) is 19.7 Å². The number of H-pyrrole nitrogens is 1. The number of aromatic amines is 1. The second kappa shape index (κ2) is 5.47. The van der Waals surface area contributed by atoms with Crippen LogP contribution in [0.15, 0.2) is 28.4 Å². The molecule has 0 radical (unpaired) electrons. The van der Waals surface area contributed by atoms with Crippen molar-refractivity contribution in [2.24, 2.45) is 0 Å². The molecule has 0 aliphatic rings. The van der Waals surface area contributed by atoms with Crippen molar-refractivity contribution in [1.29, 1.82) is 0 Å². The Labute approximate surface area is 132 Å². The second-order valence-electron chi connectivity index (χ2n) is 5.01. The zero-order valence-corrected chi connectivity index (χ0v) is 12.7. The molecule has 8 heteroatoms. The molecule has 23 heavy (non-hydrogen) atoms. The van der Waals surface area contributed by atoms with E-state index in [1.54, 1.807) is 19.1 Å². The first-order valence-electron chi connectivity index (χ1n) is 6.60. The number of pyridine rings is 1. The number of thiazole rings is 1. The third kappa shape index (κ3) is 2.75. The molecule has 2 N–H and O–H groups in total. The van der Waals surface area contributed by atoms with Gasteiger partial charge in [-0.2, -0.15) is 13.2 Å². The summed E-state index contributed by atoms with van der Waals surface area (Å²) in [5.74, 6) is 0. The number of aryl methyl sites for hydroxylation is 1. The third-order valence-electron chi connectivity index (χ3n) is 3.57. The normalized spacial score (nSPS) is 12.0. The van der Waals surface area contributed by atoms with E-state index in [4.69, 9.17) is 0 Å². The smallest absolute Gasteiger partial charge is 0.392 e. The van der Waals surface area contributed by atoms with E-state index < -0.39 is 11.2 Å². The standard InChI is InChI=1S/C15H11F3N2O2S/c1-7-8(5-21)2-3-9-12(22)4-10(19-13(7)9)11-6-23-14(20-11)15(16,17)18/h2-4,6,21H,5H2,1H3,(H,19,22). The Kier molecular flexibility index (Phi) is 3.73. The van der Waals surface area contributed by atoms with Crippen LogP contribution < -0.4 is 5.43 Å². The van der Waals surface area contributed by atoms with Crippen LogP contribution in [0.25, 0.3) is 22.3 Å². The van der Waals surface area contributed by atoms with Crippen molar-refractivity contribution in [3.8, 4) is 11.4 Å². The molecular formula is C15H11F3N2O2S. The highest BCUT2D eigenvalue weighted by Gasteiger charge is 2.34. The van der Waals surface area contributed by atoms with E-state index in [-0.39, 0.29) is 23.4 Å². The molecule has 2 heterocycles. The summed E-state index contributed by atoms with van der Waals surface area (Å²) in [4.78, 5) is 18.7. The number of aliphatic hydroxyl groups is 1. The van der Waals surface area contributed by atoms with Crippen LogP contribution in [-0.2, 0) is 12.8 Å². The molecule has 0 spiro atoms. The average molecular weight is 340 g/mol. The average Bonchev–Trinajstić information content (AvgIpc) is 2.98. The maximum atomic E-state index is 12.7. The van der Waals surface area contributed by atoms with Crippen LogP contribution in [0.2, 0.25) is 0 Å². The van der Waals surface area contributed by atoms with E-state index in [9.17, 15) is 23.1 Å². The second-order valence-corrected chi connectivity index (χ2v) is 5.87. The Hall–Kier alpha value is -2.19. The monoisotopic (exact) mass is 340 g/mol. The number of hydrogen-bond donors (Lipinski definition) is 2. The van der Waals surface area contributed by atoms with Gasteiger partial charge >= 0.3 is 6.18 Å². The van der Waals surface area contributed by atoms with Crippen LogP contribution in [-0.4, -0.2) is 15.1 Å². The highest BCUT2D eigenvalue weighted by Crippen LogP contribution is 2.34. The lowest BCUT2D eigenvalue weighted by Crippen LogP contribution is -2.06. The van der Waals surface area contributed by atoms with Gasteiger partial charge in [-0.15, -0.1) is 11.3 Å². The fourth-order valence-corrected chi connectivity index (χ4v) is 3.03. The molecule has 0 bridgehead atoms. The van der Waals surface area contributed by atoms with Gasteiger partial charge in [0.05, 0.1) is 23.5 Å². The minimum absolute atomic E-state index is 0.0649. The Morgan fingerprint density at radius 3 is 2.70 bits per heavy atom. The van der Waals surface area contributed by atoms with Crippen molar-refractivity contribution in [3.05, 3.63) is 49.9 Å². The van der Waals surface area contributed by atoms with Gasteiger partial charge in [0.25, 0.3) is 0 Å². The van der Waals surface area contributed by atoms with Crippen LogP contribution in [0.3, 0.4) is 0 Å². The molecule has 0 aliphatic heterocycles. The highest BCUT2D eigenvalue weighted by atomic mass is 32.1. The van der Waals surface area contributed by atoms with Gasteiger partial charge in [0.1, 0.15) is 0 Å². The van der Waals surface area contributed by atoms with Gasteiger partial charge in [0.15, 0.2) is 10.4 Å². The number of hydrogen-bond acceptors (Lipinski definition) is 4. The van der Waals surface area contributed by atoms with Gasteiger partial charge in [-0.1, -0.05) is 6.07 Å². The van der Waals surface area contributed by atoms with E-state index in [0.717, 1.165) is 0 Å². The Bertz CT molecular complexity index is 944. The molecule has 3 rings (SSSR count). The van der Waals surface area contributed by atoms with Gasteiger partial charge in [0.2, 0.25) is 0 Å². The van der Waals surface area contributed by atoms with Gasteiger partial charge in [-0.05, 0) is 24.1 Å². The van der Waals surface area contributed by atoms with Crippen LogP contribution in [0.5, 0.6) is 0 Å². The molecule has 0 saturated heterocycles. The van der Waals surface area contributed by atoms with E-state index in [0.29, 0.717) is 33.4 Å². The molecule has 0 amide bonds. The Balaban J connectivity index is 2.21. The first-order chi connectivity index (χ1) is 10.8. The number of nitrogens with zero attached hydrogens (tertiary/aromatic N) is 1. The van der Waals surface area contributed by atoms with Crippen molar-refractivity contribution in [2.75, 3.05) is 0 Å². The number of alkyl halides is 3. The zero-order chi connectivity index (χ0) is 16.8. The summed E-state index contributed by atoms with van der Waals surface area (Å²) in [5.41, 5.74) is 1.76. The molecule has 2 aromatic heterocycles. The maximum Gasteiger partial charge on any atom is 0.443 e. The van der Waals surface area contributed by atoms with Crippen molar-refractivity contribution >= 4 is 22.2 Å². The maximum absolute atomic E-state index is 12.7. The van der Waals surface area contributed by atoms with Crippen LogP contribution >= 0.6 is 11.3 Å². The van der Waals surface area contributed by atoms with E-state index in [2.05, 4.69) is 9.97 Å². The minimum atomic E-state index is -4.51. The van der Waals surface area contributed by atoms with Crippen LogP contribution in [0, 0.1) is 6.92 Å². The third-order valence-corrected chi connectivity index (χ3v) is 4.46. The largest absolute Gasteiger partial charge is 0.443 e. The number of fused-ring (bicyclic) bond motifs is 1. The fraction of sp³-hybridized carbons (Fsp3) is 0.200. The molecule has 1 aromatic carbocycles. The molecule has 0 atom stereocenters. The molecule has 0 saturated carbocycles. The van der Waals surface area contributed by atoms with E-state index >= 15 is 0 Å². The number of halogens is 3. The summed E-state index contributed by atoms with van der Waals surface area (Å²) in [6, 6.07) is 4.46. The molecule has 0 aliphatic carbocycles. The quantitative estimate of drug-likeness (QED) is 0.751. The first-order valence-corrected chi connectivity index (χ1v) is 7.48. The van der Waals surface area contributed by atoms with Crippen LogP contribution in [0.1, 0.15) is 16.1 Å². The summed E-state index contributed by atoms with van der Waals surface area (Å²) in [5, 5.41) is 10.0. The van der Waals surface area contributed by atoms with Crippen molar-refractivity contribution in [1.82, 2.24) is 9.97 Å². The molecule has 0 fully saturated rings. The molecule has 120 valence electrons. The van der Waals surface area contributed by atoms with Crippen LogP contribution in [0.4, 0.5) is 13.2 Å². The van der Waals surface area contributed by atoms with Gasteiger partial charge < -0.3 is 10.1 Å². The lowest BCUT2D eigenvalue weighted by molar-refractivity contribution is -0.137. The Morgan fingerprint density at radius 1 is 1.35 bits per heavy atom. The predicted octanol–water partition coefficient (Wildman–Crippen LogP) is 3.47. The number of aliphatic hydroxyl groups excluding tert-OH is 1. The van der Waals surface area contributed by atoms with E-state index in [1.165, 1.54) is 11.4 Å². The van der Waals surface area contributed by atoms with Gasteiger partial charge in [-0.25, -0.2) is 4.98 Å². The molecule has 4 nitrogen and oxygen atoms in total. The lowest BCUT2D eigenvalue weighted by atomic mass is 10.0. The zero-order valence-electron chi connectivity index (χ0n) is 11.9. The lowest BCUT2D eigenvalue weighted by Gasteiger charge is -2.08. The molecule has 3 aromatic rings. The predicted molar refractivity (Wildman–Crippen MR) is 81.3 cm³/mol.